The van der Waals surface area contributed by atoms with E-state index >= 15 is 0 Å². The molecule has 7 heteroatoms. The topological polar surface area (TPSA) is 68.0 Å². The van der Waals surface area contributed by atoms with E-state index in [1.807, 2.05) is 0 Å². The van der Waals surface area contributed by atoms with Crippen LogP contribution < -0.4 is 0 Å². The molecule has 2 rings (SSSR count). The van der Waals surface area contributed by atoms with E-state index in [1.54, 1.807) is 7.05 Å². The van der Waals surface area contributed by atoms with Crippen LogP contribution in [0.1, 0.15) is 12.2 Å². The van der Waals surface area contributed by atoms with Gasteiger partial charge in [0.25, 0.3) is 0 Å². The molecule has 1 N–H and O–H groups in total. The van der Waals surface area contributed by atoms with Gasteiger partial charge in [-0.1, -0.05) is 0 Å². The van der Waals surface area contributed by atoms with Crippen molar-refractivity contribution in [3.05, 3.63) is 35.7 Å². The van der Waals surface area contributed by atoms with E-state index in [9.17, 15) is 13.6 Å². The molecule has 5 nitrogen and oxygen atoms in total. The number of aromatic nitrogens is 3. The first-order chi connectivity index (χ1) is 8.97. The van der Waals surface area contributed by atoms with Gasteiger partial charge in [0.15, 0.2) is 17.5 Å². The predicted octanol–water partition coefficient (Wildman–Crippen LogP) is 1.78. The molecule has 0 atom stereocenters. The second-order valence-electron chi connectivity index (χ2n) is 4.00. The minimum Gasteiger partial charge on any atom is -0.481 e. The van der Waals surface area contributed by atoms with Crippen molar-refractivity contribution in [2.24, 2.45) is 7.05 Å². The molecule has 100 valence electrons. The maximum atomic E-state index is 13.1. The molecular weight excluding hydrogens is 256 g/mol. The van der Waals surface area contributed by atoms with Crippen molar-refractivity contribution in [1.82, 2.24) is 14.8 Å². The molecule has 1 aromatic heterocycles. The molecule has 0 fully saturated rings. The average Bonchev–Trinajstić information content (AvgIpc) is 2.71. The van der Waals surface area contributed by atoms with Gasteiger partial charge in [0.2, 0.25) is 0 Å². The number of carbonyl (C=O) groups is 1. The van der Waals surface area contributed by atoms with Crippen LogP contribution in [0.4, 0.5) is 8.78 Å². The van der Waals surface area contributed by atoms with Gasteiger partial charge in [0, 0.05) is 19.0 Å². The first kappa shape index (κ1) is 13.1. The third-order valence-electron chi connectivity index (χ3n) is 2.59. The fraction of sp³-hybridized carbons (Fsp3) is 0.250. The number of aryl methyl sites for hydroxylation is 2. The zero-order valence-electron chi connectivity index (χ0n) is 10.1. The van der Waals surface area contributed by atoms with E-state index in [0.29, 0.717) is 11.4 Å². The van der Waals surface area contributed by atoms with Crippen LogP contribution in [0.5, 0.6) is 0 Å². The average molecular weight is 267 g/mol. The molecule has 0 aliphatic rings. The maximum Gasteiger partial charge on any atom is 0.303 e. The van der Waals surface area contributed by atoms with Crippen LogP contribution in [-0.2, 0) is 18.3 Å². The van der Waals surface area contributed by atoms with Gasteiger partial charge in [0.05, 0.1) is 6.42 Å². The number of aliphatic carboxylic acids is 1. The van der Waals surface area contributed by atoms with Crippen molar-refractivity contribution in [2.75, 3.05) is 0 Å². The van der Waals surface area contributed by atoms with Gasteiger partial charge in [-0.05, 0) is 18.2 Å². The van der Waals surface area contributed by atoms with E-state index in [1.165, 1.54) is 10.7 Å². The van der Waals surface area contributed by atoms with E-state index in [0.717, 1.165) is 12.1 Å². The lowest BCUT2D eigenvalue weighted by molar-refractivity contribution is -0.137. The number of halogens is 2. The SMILES string of the molecule is Cn1nc(-c2ccc(F)c(F)c2)nc1CCC(=O)O. The summed E-state index contributed by atoms with van der Waals surface area (Å²) in [5, 5.41) is 12.7. The monoisotopic (exact) mass is 267 g/mol. The number of hydrogen-bond acceptors (Lipinski definition) is 3. The lowest BCUT2D eigenvalue weighted by Crippen LogP contribution is -2.03. The summed E-state index contributed by atoms with van der Waals surface area (Å²) in [5.41, 5.74) is 0.344. The molecule has 0 unspecified atom stereocenters. The second-order valence-corrected chi connectivity index (χ2v) is 4.00. The lowest BCUT2D eigenvalue weighted by atomic mass is 10.2. The summed E-state index contributed by atoms with van der Waals surface area (Å²) in [5.74, 6) is -2.14. The van der Waals surface area contributed by atoms with E-state index in [4.69, 9.17) is 5.11 Å². The maximum absolute atomic E-state index is 13.1. The Morgan fingerprint density at radius 1 is 1.37 bits per heavy atom. The Hall–Kier alpha value is -2.31. The van der Waals surface area contributed by atoms with Crippen LogP contribution in [0, 0.1) is 11.6 Å². The van der Waals surface area contributed by atoms with Crippen molar-refractivity contribution in [3.63, 3.8) is 0 Å². The highest BCUT2D eigenvalue weighted by molar-refractivity contribution is 5.67. The predicted molar refractivity (Wildman–Crippen MR) is 62.3 cm³/mol. The second kappa shape index (κ2) is 5.13. The molecule has 1 aromatic carbocycles. The lowest BCUT2D eigenvalue weighted by Gasteiger charge is -1.96. The van der Waals surface area contributed by atoms with Crippen molar-refractivity contribution >= 4 is 5.97 Å². The third kappa shape index (κ3) is 2.93. The normalized spacial score (nSPS) is 10.7. The molecule has 1 heterocycles. The summed E-state index contributed by atoms with van der Waals surface area (Å²) in [7, 11) is 1.62. The minimum atomic E-state index is -0.975. The molecule has 0 saturated carbocycles. The molecular formula is C12H11F2N3O2. The van der Waals surface area contributed by atoms with Gasteiger partial charge in [-0.3, -0.25) is 9.48 Å². The molecule has 0 spiro atoms. The molecule has 19 heavy (non-hydrogen) atoms. The summed E-state index contributed by atoms with van der Waals surface area (Å²) in [6, 6.07) is 3.37. The Balaban J connectivity index is 2.28. The summed E-state index contributed by atoms with van der Waals surface area (Å²) >= 11 is 0. The summed E-state index contributed by atoms with van der Waals surface area (Å²) in [6.45, 7) is 0. The van der Waals surface area contributed by atoms with Crippen molar-refractivity contribution in [1.29, 1.82) is 0 Å². The van der Waals surface area contributed by atoms with Crippen molar-refractivity contribution in [3.8, 4) is 11.4 Å². The zero-order valence-corrected chi connectivity index (χ0v) is 10.1. The van der Waals surface area contributed by atoms with Crippen LogP contribution in [0.25, 0.3) is 11.4 Å². The molecule has 0 amide bonds. The first-order valence-corrected chi connectivity index (χ1v) is 5.54. The van der Waals surface area contributed by atoms with Crippen LogP contribution in [0.3, 0.4) is 0 Å². The fourth-order valence-electron chi connectivity index (χ4n) is 1.61. The first-order valence-electron chi connectivity index (χ1n) is 5.54. The van der Waals surface area contributed by atoms with E-state index in [-0.39, 0.29) is 18.7 Å². The largest absolute Gasteiger partial charge is 0.481 e. The molecule has 2 aromatic rings. The Bertz CT molecular complexity index is 625. The fourth-order valence-corrected chi connectivity index (χ4v) is 1.61. The Labute approximate surface area is 107 Å². The zero-order chi connectivity index (χ0) is 14.0. The molecule has 0 aliphatic carbocycles. The highest BCUT2D eigenvalue weighted by atomic mass is 19.2. The number of hydrogen-bond donors (Lipinski definition) is 1. The number of rotatable bonds is 4. The van der Waals surface area contributed by atoms with Gasteiger partial charge >= 0.3 is 5.97 Å². The van der Waals surface area contributed by atoms with E-state index < -0.39 is 17.6 Å². The Morgan fingerprint density at radius 2 is 2.11 bits per heavy atom. The Kier molecular flexibility index (Phi) is 3.55. The molecule has 0 aliphatic heterocycles. The van der Waals surface area contributed by atoms with Gasteiger partial charge in [-0.2, -0.15) is 5.10 Å². The number of nitrogens with zero attached hydrogens (tertiary/aromatic N) is 3. The van der Waals surface area contributed by atoms with Crippen molar-refractivity contribution < 1.29 is 18.7 Å². The number of benzene rings is 1. The van der Waals surface area contributed by atoms with Crippen LogP contribution in [0.2, 0.25) is 0 Å². The quantitative estimate of drug-likeness (QED) is 0.916. The van der Waals surface area contributed by atoms with Crippen LogP contribution >= 0.6 is 0 Å². The molecule has 0 saturated heterocycles. The number of carboxylic acids is 1. The minimum absolute atomic E-state index is 0.0657. The summed E-state index contributed by atoms with van der Waals surface area (Å²) in [6.07, 6.45) is 0.159. The Morgan fingerprint density at radius 3 is 2.74 bits per heavy atom. The smallest absolute Gasteiger partial charge is 0.303 e. The molecule has 0 radical (unpaired) electrons. The van der Waals surface area contributed by atoms with Gasteiger partial charge in [-0.25, -0.2) is 13.8 Å². The summed E-state index contributed by atoms with van der Waals surface area (Å²) < 4.78 is 27.4. The third-order valence-corrected chi connectivity index (χ3v) is 2.59. The standard InChI is InChI=1S/C12H11F2N3O2/c1-17-10(4-5-11(18)19)15-12(16-17)7-2-3-8(13)9(14)6-7/h2-3,6H,4-5H2,1H3,(H,18,19). The number of carboxylic acid groups (broad SMARTS) is 1. The highest BCUT2D eigenvalue weighted by Crippen LogP contribution is 2.18. The van der Waals surface area contributed by atoms with Crippen molar-refractivity contribution in [2.45, 2.75) is 12.8 Å². The van der Waals surface area contributed by atoms with Gasteiger partial charge < -0.3 is 5.11 Å². The molecule has 0 bridgehead atoms. The van der Waals surface area contributed by atoms with Gasteiger partial charge in [-0.15, -0.1) is 0 Å². The van der Waals surface area contributed by atoms with Gasteiger partial charge in [0.1, 0.15) is 5.82 Å². The highest BCUT2D eigenvalue weighted by Gasteiger charge is 2.12. The van der Waals surface area contributed by atoms with Crippen LogP contribution in [-0.4, -0.2) is 25.8 Å². The van der Waals surface area contributed by atoms with Crippen LogP contribution in [0.15, 0.2) is 18.2 Å². The van der Waals surface area contributed by atoms with E-state index in [2.05, 4.69) is 10.1 Å². The summed E-state index contributed by atoms with van der Waals surface area (Å²) in [4.78, 5) is 14.6.